The lowest BCUT2D eigenvalue weighted by Crippen LogP contribution is -2.55. The van der Waals surface area contributed by atoms with Crippen LogP contribution in [0.2, 0.25) is 0 Å². The summed E-state index contributed by atoms with van der Waals surface area (Å²) < 4.78 is 0. The summed E-state index contributed by atoms with van der Waals surface area (Å²) in [7, 11) is 1.67. The minimum absolute atomic E-state index is 0.00903. The van der Waals surface area contributed by atoms with Gasteiger partial charge in [-0.15, -0.1) is 0 Å². The number of nitrogens with one attached hydrogen (secondary N) is 1. The third kappa shape index (κ3) is 3.22. The highest BCUT2D eigenvalue weighted by Gasteiger charge is 2.48. The van der Waals surface area contributed by atoms with Crippen molar-refractivity contribution in [2.75, 3.05) is 26.7 Å². The van der Waals surface area contributed by atoms with Gasteiger partial charge in [-0.1, -0.05) is 13.8 Å². The number of carbonyl (C=O) groups is 2. The Morgan fingerprint density at radius 2 is 2.06 bits per heavy atom. The van der Waals surface area contributed by atoms with Gasteiger partial charge in [-0.25, -0.2) is 0 Å². The highest BCUT2D eigenvalue weighted by atomic mass is 16.2. The van der Waals surface area contributed by atoms with Crippen molar-refractivity contribution in [1.82, 2.24) is 10.2 Å². The molecule has 0 aromatic heterocycles. The zero-order chi connectivity index (χ0) is 13.8. The lowest BCUT2D eigenvalue weighted by molar-refractivity contribution is -0.150. The molecule has 5 nitrogen and oxygen atoms in total. The van der Waals surface area contributed by atoms with E-state index in [0.717, 1.165) is 19.3 Å². The molecular weight excluding hydrogens is 230 g/mol. The molecule has 1 saturated carbocycles. The van der Waals surface area contributed by atoms with Gasteiger partial charge in [0, 0.05) is 20.1 Å². The van der Waals surface area contributed by atoms with Crippen LogP contribution < -0.4 is 11.1 Å². The summed E-state index contributed by atoms with van der Waals surface area (Å²) in [6.07, 6.45) is 2.57. The fourth-order valence-electron chi connectivity index (χ4n) is 2.72. The Balaban J connectivity index is 2.48. The van der Waals surface area contributed by atoms with Gasteiger partial charge in [0.25, 0.3) is 0 Å². The van der Waals surface area contributed by atoms with Gasteiger partial charge in [0.15, 0.2) is 0 Å². The maximum absolute atomic E-state index is 12.3. The number of carbonyl (C=O) groups excluding carboxylic acids is 2. The van der Waals surface area contributed by atoms with Gasteiger partial charge in [0.2, 0.25) is 11.8 Å². The van der Waals surface area contributed by atoms with Crippen LogP contribution in [0.5, 0.6) is 0 Å². The predicted octanol–water partition coefficient (Wildman–Crippen LogP) is 0.346. The van der Waals surface area contributed by atoms with Gasteiger partial charge in [0.05, 0.1) is 12.0 Å². The quantitative estimate of drug-likeness (QED) is 0.719. The molecule has 0 spiro atoms. The first kappa shape index (κ1) is 15.0. The molecule has 0 bridgehead atoms. The van der Waals surface area contributed by atoms with Crippen molar-refractivity contribution in [3.8, 4) is 0 Å². The molecule has 1 aliphatic rings. The smallest absolute Gasteiger partial charge is 0.239 e. The number of nitrogens with two attached hydrogens (primary N) is 1. The molecule has 0 heterocycles. The molecule has 0 aromatic carbocycles. The van der Waals surface area contributed by atoms with Gasteiger partial charge < -0.3 is 16.0 Å². The van der Waals surface area contributed by atoms with Crippen LogP contribution >= 0.6 is 0 Å². The summed E-state index contributed by atoms with van der Waals surface area (Å²) in [5.41, 5.74) is 5.32. The Hall–Kier alpha value is -1.10. The van der Waals surface area contributed by atoms with Gasteiger partial charge in [-0.3, -0.25) is 9.59 Å². The van der Waals surface area contributed by atoms with Crippen molar-refractivity contribution in [2.45, 2.75) is 33.1 Å². The lowest BCUT2D eigenvalue weighted by Gasteiger charge is -2.46. The maximum atomic E-state index is 12.3. The summed E-state index contributed by atoms with van der Waals surface area (Å²) in [5, 5.41) is 2.77. The summed E-state index contributed by atoms with van der Waals surface area (Å²) in [5.74, 6) is 0.460. The van der Waals surface area contributed by atoms with E-state index in [1.54, 1.807) is 7.05 Å². The van der Waals surface area contributed by atoms with Gasteiger partial charge in [0.1, 0.15) is 0 Å². The molecule has 0 aliphatic heterocycles. The second-order valence-electron chi connectivity index (χ2n) is 5.51. The standard InChI is InChI=1S/C13H25N3O2/c1-4-5-15-11(17)8-16(3)12(18)13(9-14)6-10(2)7-13/h10H,4-9,14H2,1-3H3,(H,15,17). The topological polar surface area (TPSA) is 75.4 Å². The summed E-state index contributed by atoms with van der Waals surface area (Å²) in [4.78, 5) is 25.4. The largest absolute Gasteiger partial charge is 0.355 e. The number of nitrogens with zero attached hydrogens (tertiary/aromatic N) is 1. The molecule has 104 valence electrons. The van der Waals surface area contributed by atoms with E-state index < -0.39 is 5.41 Å². The fourth-order valence-corrected chi connectivity index (χ4v) is 2.72. The molecule has 0 radical (unpaired) electrons. The van der Waals surface area contributed by atoms with Crippen LogP contribution in [0.3, 0.4) is 0 Å². The van der Waals surface area contributed by atoms with Crippen molar-refractivity contribution >= 4 is 11.8 Å². The summed E-state index contributed by atoms with van der Waals surface area (Å²) in [6, 6.07) is 0. The van der Waals surface area contributed by atoms with E-state index in [9.17, 15) is 9.59 Å². The third-order valence-electron chi connectivity index (χ3n) is 3.62. The van der Waals surface area contributed by atoms with E-state index in [0.29, 0.717) is 19.0 Å². The van der Waals surface area contributed by atoms with E-state index in [4.69, 9.17) is 5.73 Å². The van der Waals surface area contributed by atoms with E-state index in [1.807, 2.05) is 6.92 Å². The lowest BCUT2D eigenvalue weighted by atomic mass is 9.62. The summed E-state index contributed by atoms with van der Waals surface area (Å²) >= 11 is 0. The number of rotatable bonds is 6. The maximum Gasteiger partial charge on any atom is 0.239 e. The first-order chi connectivity index (χ1) is 8.45. The molecule has 3 N–H and O–H groups in total. The molecule has 0 saturated heterocycles. The Kier molecular flexibility index (Phi) is 5.14. The molecule has 0 atom stereocenters. The molecule has 0 unspecified atom stereocenters. The molecule has 1 aliphatic carbocycles. The predicted molar refractivity (Wildman–Crippen MR) is 70.8 cm³/mol. The summed E-state index contributed by atoms with van der Waals surface area (Å²) in [6.45, 7) is 5.26. The second kappa shape index (κ2) is 6.18. The van der Waals surface area contributed by atoms with Crippen LogP contribution in [0.15, 0.2) is 0 Å². The average Bonchev–Trinajstić information content (AvgIpc) is 2.31. The van der Waals surface area contributed by atoms with Crippen molar-refractivity contribution in [2.24, 2.45) is 17.1 Å². The second-order valence-corrected chi connectivity index (χ2v) is 5.51. The van der Waals surface area contributed by atoms with Crippen LogP contribution in [0.25, 0.3) is 0 Å². The normalized spacial score (nSPS) is 26.3. The van der Waals surface area contributed by atoms with Crippen LogP contribution in [0, 0.1) is 11.3 Å². The minimum Gasteiger partial charge on any atom is -0.355 e. The number of hydrogen-bond donors (Lipinski definition) is 2. The number of likely N-dealkylation sites (N-methyl/N-ethyl adjacent to an activating group) is 1. The molecule has 0 aromatic rings. The van der Waals surface area contributed by atoms with Crippen molar-refractivity contribution in [1.29, 1.82) is 0 Å². The van der Waals surface area contributed by atoms with Gasteiger partial charge in [-0.2, -0.15) is 0 Å². The zero-order valence-corrected chi connectivity index (χ0v) is 11.7. The van der Waals surface area contributed by atoms with Crippen molar-refractivity contribution in [3.05, 3.63) is 0 Å². The Morgan fingerprint density at radius 1 is 1.44 bits per heavy atom. The molecule has 1 fully saturated rings. The van der Waals surface area contributed by atoms with Crippen LogP contribution in [-0.4, -0.2) is 43.4 Å². The number of amides is 2. The van der Waals surface area contributed by atoms with Crippen LogP contribution in [0.1, 0.15) is 33.1 Å². The van der Waals surface area contributed by atoms with Crippen molar-refractivity contribution < 1.29 is 9.59 Å². The highest BCUT2D eigenvalue weighted by molar-refractivity contribution is 5.88. The molecular formula is C13H25N3O2. The first-order valence-electron chi connectivity index (χ1n) is 6.67. The zero-order valence-electron chi connectivity index (χ0n) is 11.7. The van der Waals surface area contributed by atoms with Crippen LogP contribution in [-0.2, 0) is 9.59 Å². The van der Waals surface area contributed by atoms with Crippen molar-refractivity contribution in [3.63, 3.8) is 0 Å². The minimum atomic E-state index is -0.417. The monoisotopic (exact) mass is 255 g/mol. The Bertz CT molecular complexity index is 311. The van der Waals surface area contributed by atoms with Crippen LogP contribution in [0.4, 0.5) is 0 Å². The van der Waals surface area contributed by atoms with Gasteiger partial charge in [-0.05, 0) is 25.2 Å². The third-order valence-corrected chi connectivity index (χ3v) is 3.62. The van der Waals surface area contributed by atoms with E-state index >= 15 is 0 Å². The highest BCUT2D eigenvalue weighted by Crippen LogP contribution is 2.45. The first-order valence-corrected chi connectivity index (χ1v) is 6.67. The number of hydrogen-bond acceptors (Lipinski definition) is 3. The Morgan fingerprint density at radius 3 is 2.50 bits per heavy atom. The van der Waals surface area contributed by atoms with Gasteiger partial charge >= 0.3 is 0 Å². The Labute approximate surface area is 109 Å². The molecule has 5 heteroatoms. The SMILES string of the molecule is CCCNC(=O)CN(C)C(=O)C1(CN)CC(C)C1. The van der Waals surface area contributed by atoms with E-state index in [2.05, 4.69) is 12.2 Å². The molecule has 1 rings (SSSR count). The fraction of sp³-hybridized carbons (Fsp3) is 0.846. The van der Waals surface area contributed by atoms with E-state index in [-0.39, 0.29) is 18.4 Å². The average molecular weight is 255 g/mol. The molecule has 18 heavy (non-hydrogen) atoms. The molecule has 2 amide bonds. The van der Waals surface area contributed by atoms with E-state index in [1.165, 1.54) is 4.90 Å².